The van der Waals surface area contributed by atoms with Crippen LogP contribution in [0.3, 0.4) is 0 Å². The van der Waals surface area contributed by atoms with Gasteiger partial charge in [0.15, 0.2) is 0 Å². The highest BCUT2D eigenvalue weighted by atomic mass is 16.5. The molecule has 1 saturated heterocycles. The fraction of sp³-hybridized carbons (Fsp3) is 0.353. The standard InChI is InChI=1S/C34H40N2O4/c1-20(2)26-19-27(21(3)18-28(26)40-9)31(37)29-30(22-10-12-23(13-11-22)34(4,5)6)36(33(39)32(29)38)25-16-14-24(15-17-25)35(7)8/h10-20,30,37H,1-9H3/b31-29+. The zero-order valence-electron chi connectivity index (χ0n) is 25.0. The molecule has 0 bridgehead atoms. The highest BCUT2D eigenvalue weighted by Gasteiger charge is 2.47. The van der Waals surface area contributed by atoms with E-state index in [9.17, 15) is 14.7 Å². The van der Waals surface area contributed by atoms with Gasteiger partial charge >= 0.3 is 0 Å². The van der Waals surface area contributed by atoms with Crippen LogP contribution in [0.4, 0.5) is 11.4 Å². The molecule has 1 aliphatic heterocycles. The average molecular weight is 541 g/mol. The molecule has 0 aliphatic carbocycles. The number of aryl methyl sites for hydroxylation is 1. The smallest absolute Gasteiger partial charge is 0.300 e. The van der Waals surface area contributed by atoms with Crippen LogP contribution in [0.2, 0.25) is 0 Å². The van der Waals surface area contributed by atoms with Crippen molar-refractivity contribution in [3.63, 3.8) is 0 Å². The zero-order chi connectivity index (χ0) is 29.5. The predicted octanol–water partition coefficient (Wildman–Crippen LogP) is 7.12. The van der Waals surface area contributed by atoms with E-state index in [1.54, 1.807) is 7.11 Å². The molecule has 40 heavy (non-hydrogen) atoms. The quantitative estimate of drug-likeness (QED) is 0.205. The summed E-state index contributed by atoms with van der Waals surface area (Å²) in [6.07, 6.45) is 0. The molecule has 0 radical (unpaired) electrons. The first-order valence-electron chi connectivity index (χ1n) is 13.6. The summed E-state index contributed by atoms with van der Waals surface area (Å²) in [5, 5.41) is 11.8. The predicted molar refractivity (Wildman–Crippen MR) is 163 cm³/mol. The van der Waals surface area contributed by atoms with E-state index in [-0.39, 0.29) is 22.7 Å². The second-order valence-electron chi connectivity index (χ2n) is 12.0. The lowest BCUT2D eigenvalue weighted by Crippen LogP contribution is -2.29. The van der Waals surface area contributed by atoms with Crippen LogP contribution >= 0.6 is 0 Å². The summed E-state index contributed by atoms with van der Waals surface area (Å²) in [6.45, 7) is 12.4. The number of ether oxygens (including phenoxy) is 1. The van der Waals surface area contributed by atoms with Crippen LogP contribution in [0.25, 0.3) is 5.76 Å². The van der Waals surface area contributed by atoms with Gasteiger partial charge in [-0.15, -0.1) is 0 Å². The summed E-state index contributed by atoms with van der Waals surface area (Å²) in [5.41, 5.74) is 5.64. The number of carbonyl (C=O) groups excluding carboxylic acids is 2. The molecule has 1 N–H and O–H groups in total. The van der Waals surface area contributed by atoms with Gasteiger partial charge in [-0.1, -0.05) is 58.9 Å². The molecule has 1 heterocycles. The van der Waals surface area contributed by atoms with Crippen molar-refractivity contribution in [1.29, 1.82) is 0 Å². The lowest BCUT2D eigenvalue weighted by atomic mass is 9.85. The van der Waals surface area contributed by atoms with Gasteiger partial charge in [0.2, 0.25) is 0 Å². The van der Waals surface area contributed by atoms with Gasteiger partial charge in [0.1, 0.15) is 11.5 Å². The third-order valence-corrected chi connectivity index (χ3v) is 7.63. The maximum Gasteiger partial charge on any atom is 0.300 e. The summed E-state index contributed by atoms with van der Waals surface area (Å²) in [5.74, 6) is -0.710. The molecule has 1 atom stereocenters. The second kappa shape index (κ2) is 10.8. The first kappa shape index (κ1) is 28.9. The molecule has 1 unspecified atom stereocenters. The largest absolute Gasteiger partial charge is 0.507 e. The van der Waals surface area contributed by atoms with Crippen molar-refractivity contribution in [2.75, 3.05) is 31.0 Å². The Kier molecular flexibility index (Phi) is 7.84. The van der Waals surface area contributed by atoms with E-state index < -0.39 is 17.7 Å². The van der Waals surface area contributed by atoms with Crippen molar-refractivity contribution < 1.29 is 19.4 Å². The first-order valence-corrected chi connectivity index (χ1v) is 13.6. The number of Topliss-reactive ketones (excluding diaryl/α,β-unsaturated/α-hetero) is 1. The lowest BCUT2D eigenvalue weighted by Gasteiger charge is -2.27. The minimum atomic E-state index is -0.789. The number of amides is 1. The molecular weight excluding hydrogens is 500 g/mol. The lowest BCUT2D eigenvalue weighted by molar-refractivity contribution is -0.132. The summed E-state index contributed by atoms with van der Waals surface area (Å²) in [7, 11) is 5.51. The van der Waals surface area contributed by atoms with Gasteiger partial charge in [0.25, 0.3) is 11.7 Å². The van der Waals surface area contributed by atoms with Gasteiger partial charge < -0.3 is 14.7 Å². The number of hydrogen-bond donors (Lipinski definition) is 1. The Labute approximate surface area is 237 Å². The SMILES string of the molecule is COc1cc(C)c(/C(O)=C2\C(=O)C(=O)N(c3ccc(N(C)C)cc3)C2c2ccc(C(C)(C)C)cc2)cc1C(C)C. The van der Waals surface area contributed by atoms with E-state index in [1.807, 2.05) is 100 Å². The van der Waals surface area contributed by atoms with Gasteiger partial charge in [0.05, 0.1) is 18.7 Å². The van der Waals surface area contributed by atoms with E-state index in [2.05, 4.69) is 20.8 Å². The highest BCUT2D eigenvalue weighted by Crippen LogP contribution is 2.44. The Bertz CT molecular complexity index is 1460. The molecule has 6 heteroatoms. The van der Waals surface area contributed by atoms with Crippen LogP contribution in [0.5, 0.6) is 5.75 Å². The monoisotopic (exact) mass is 540 g/mol. The van der Waals surface area contributed by atoms with Crippen LogP contribution < -0.4 is 14.5 Å². The van der Waals surface area contributed by atoms with Crippen molar-refractivity contribution in [3.8, 4) is 5.75 Å². The van der Waals surface area contributed by atoms with Gasteiger partial charge in [-0.25, -0.2) is 0 Å². The summed E-state index contributed by atoms with van der Waals surface area (Å²) < 4.78 is 5.59. The van der Waals surface area contributed by atoms with Crippen LogP contribution in [-0.4, -0.2) is 38.0 Å². The topological polar surface area (TPSA) is 70.1 Å². The van der Waals surface area contributed by atoms with E-state index >= 15 is 0 Å². The molecule has 210 valence electrons. The normalized spacial score (nSPS) is 17.1. The van der Waals surface area contributed by atoms with Crippen LogP contribution in [-0.2, 0) is 15.0 Å². The van der Waals surface area contributed by atoms with Crippen molar-refractivity contribution in [2.45, 2.75) is 58.9 Å². The molecule has 3 aromatic rings. The molecule has 4 rings (SSSR count). The minimum absolute atomic E-state index is 0.0597. The van der Waals surface area contributed by atoms with Crippen molar-refractivity contribution in [1.82, 2.24) is 0 Å². The number of anilines is 2. The number of benzene rings is 3. The number of ketones is 1. The Hall–Kier alpha value is -4.06. The minimum Gasteiger partial charge on any atom is -0.507 e. The Balaban J connectivity index is 1.96. The Morgan fingerprint density at radius 3 is 2.08 bits per heavy atom. The molecule has 6 nitrogen and oxygen atoms in total. The number of methoxy groups -OCH3 is 1. The van der Waals surface area contributed by atoms with Gasteiger partial charge in [0, 0.05) is 31.0 Å². The number of aliphatic hydroxyl groups is 1. The van der Waals surface area contributed by atoms with Crippen molar-refractivity contribution in [2.24, 2.45) is 0 Å². The molecule has 0 spiro atoms. The van der Waals surface area contributed by atoms with Crippen molar-refractivity contribution in [3.05, 3.63) is 94.1 Å². The molecule has 0 saturated carbocycles. The van der Waals surface area contributed by atoms with Gasteiger partial charge in [-0.2, -0.15) is 0 Å². The fourth-order valence-corrected chi connectivity index (χ4v) is 5.22. The first-order chi connectivity index (χ1) is 18.8. The number of hydrogen-bond acceptors (Lipinski definition) is 5. The van der Waals surface area contributed by atoms with E-state index in [0.717, 1.165) is 33.7 Å². The van der Waals surface area contributed by atoms with Crippen LogP contribution in [0, 0.1) is 6.92 Å². The molecule has 3 aromatic carbocycles. The maximum absolute atomic E-state index is 13.7. The summed E-state index contributed by atoms with van der Waals surface area (Å²) in [4.78, 5) is 30.8. The fourth-order valence-electron chi connectivity index (χ4n) is 5.22. The third-order valence-electron chi connectivity index (χ3n) is 7.63. The van der Waals surface area contributed by atoms with Crippen LogP contribution in [0.1, 0.15) is 74.4 Å². The highest BCUT2D eigenvalue weighted by molar-refractivity contribution is 6.51. The number of nitrogens with zero attached hydrogens (tertiary/aromatic N) is 2. The van der Waals surface area contributed by atoms with Gasteiger partial charge in [-0.3, -0.25) is 14.5 Å². The molecule has 0 aromatic heterocycles. The Morgan fingerprint density at radius 1 is 0.975 bits per heavy atom. The van der Waals surface area contributed by atoms with E-state index in [1.165, 1.54) is 4.90 Å². The average Bonchev–Trinajstić information content (AvgIpc) is 3.17. The maximum atomic E-state index is 13.7. The van der Waals surface area contributed by atoms with Gasteiger partial charge in [-0.05, 0) is 76.9 Å². The molecule has 1 aliphatic rings. The molecule has 1 amide bonds. The van der Waals surface area contributed by atoms with E-state index in [0.29, 0.717) is 11.3 Å². The van der Waals surface area contributed by atoms with Crippen LogP contribution in [0.15, 0.2) is 66.2 Å². The van der Waals surface area contributed by atoms with Crippen molar-refractivity contribution >= 4 is 28.8 Å². The third kappa shape index (κ3) is 5.23. The van der Waals surface area contributed by atoms with E-state index in [4.69, 9.17) is 4.74 Å². The summed E-state index contributed by atoms with van der Waals surface area (Å²) >= 11 is 0. The number of aliphatic hydroxyl groups excluding tert-OH is 1. The zero-order valence-corrected chi connectivity index (χ0v) is 25.0. The Morgan fingerprint density at radius 2 is 1.57 bits per heavy atom. The second-order valence-corrected chi connectivity index (χ2v) is 12.0. The number of carbonyl (C=O) groups is 2. The summed E-state index contributed by atoms with van der Waals surface area (Å²) in [6, 6.07) is 18.4. The molecule has 1 fully saturated rings. The molecular formula is C34H40N2O4. The number of rotatable bonds is 6.